The number of thioether (sulfide) groups is 1. The number of esters is 1. The molecule has 0 aromatic carbocycles. The second-order valence-corrected chi connectivity index (χ2v) is 4.93. The van der Waals surface area contributed by atoms with Gasteiger partial charge in [-0.15, -0.1) is 0 Å². The average Bonchev–Trinajstić information content (AvgIpc) is 2.22. The Bertz CT molecular complexity index is 176. The highest BCUT2D eigenvalue weighted by molar-refractivity contribution is 7.99. The van der Waals surface area contributed by atoms with Gasteiger partial charge < -0.3 is 10.5 Å². The summed E-state index contributed by atoms with van der Waals surface area (Å²) in [6, 6.07) is 0.229. The molecular formula is C10H21NO2S. The van der Waals surface area contributed by atoms with Crippen LogP contribution in [0.4, 0.5) is 0 Å². The molecule has 0 aromatic heterocycles. The summed E-state index contributed by atoms with van der Waals surface area (Å²) in [5.74, 6) is 0.697. The first-order chi connectivity index (χ1) is 6.52. The van der Waals surface area contributed by atoms with Gasteiger partial charge in [0.1, 0.15) is 0 Å². The lowest BCUT2D eigenvalue weighted by Gasteiger charge is -2.18. The van der Waals surface area contributed by atoms with Gasteiger partial charge >= 0.3 is 5.97 Å². The highest BCUT2D eigenvalue weighted by Gasteiger charge is 2.21. The Morgan fingerprint density at radius 3 is 2.50 bits per heavy atom. The fraction of sp³-hybridized carbons (Fsp3) is 0.900. The normalized spacial score (nSPS) is 17.2. The molecule has 0 saturated carbocycles. The maximum Gasteiger partial charge on any atom is 0.309 e. The van der Waals surface area contributed by atoms with Crippen LogP contribution in [0, 0.1) is 5.92 Å². The molecule has 0 bridgehead atoms. The minimum atomic E-state index is -0.143. The van der Waals surface area contributed by atoms with E-state index in [9.17, 15) is 4.79 Å². The quantitative estimate of drug-likeness (QED) is 0.690. The minimum Gasteiger partial charge on any atom is -0.469 e. The molecule has 0 saturated heterocycles. The number of rotatable bonds is 6. The standard InChI is InChI=1S/C10H21NO2S/c1-5-9(11)6-14-8(3)7(2)10(12)13-4/h7-9H,5-6,11H2,1-4H3. The molecule has 0 rings (SSSR count). The van der Waals surface area contributed by atoms with Gasteiger partial charge in [-0.3, -0.25) is 4.79 Å². The largest absolute Gasteiger partial charge is 0.469 e. The van der Waals surface area contributed by atoms with Crippen molar-refractivity contribution in [2.75, 3.05) is 12.9 Å². The summed E-state index contributed by atoms with van der Waals surface area (Å²) >= 11 is 1.74. The predicted octanol–water partition coefficient (Wildman–Crippen LogP) is 1.65. The van der Waals surface area contributed by atoms with Gasteiger partial charge in [0.25, 0.3) is 0 Å². The van der Waals surface area contributed by atoms with Gasteiger partial charge in [0, 0.05) is 17.0 Å². The van der Waals surface area contributed by atoms with Crippen molar-refractivity contribution in [1.29, 1.82) is 0 Å². The zero-order valence-electron chi connectivity index (χ0n) is 9.45. The maximum absolute atomic E-state index is 11.2. The maximum atomic E-state index is 11.2. The van der Waals surface area contributed by atoms with E-state index < -0.39 is 0 Å². The summed E-state index contributed by atoms with van der Waals surface area (Å²) < 4.78 is 4.68. The van der Waals surface area contributed by atoms with Crippen LogP contribution in [0.5, 0.6) is 0 Å². The van der Waals surface area contributed by atoms with E-state index in [0.29, 0.717) is 0 Å². The van der Waals surface area contributed by atoms with Crippen molar-refractivity contribution in [2.24, 2.45) is 11.7 Å². The van der Waals surface area contributed by atoms with Crippen molar-refractivity contribution in [1.82, 2.24) is 0 Å². The number of carbonyl (C=O) groups excluding carboxylic acids is 1. The Kier molecular flexibility index (Phi) is 7.01. The van der Waals surface area contributed by atoms with Gasteiger partial charge in [0.05, 0.1) is 13.0 Å². The predicted molar refractivity (Wildman–Crippen MR) is 61.4 cm³/mol. The first-order valence-corrected chi connectivity index (χ1v) is 6.02. The fourth-order valence-corrected chi connectivity index (χ4v) is 2.10. The van der Waals surface area contributed by atoms with E-state index in [1.54, 1.807) is 11.8 Å². The van der Waals surface area contributed by atoms with Crippen LogP contribution in [0.25, 0.3) is 0 Å². The van der Waals surface area contributed by atoms with E-state index in [0.717, 1.165) is 12.2 Å². The van der Waals surface area contributed by atoms with Crippen LogP contribution in [0.2, 0.25) is 0 Å². The molecule has 0 aliphatic carbocycles. The SMILES string of the molecule is CCC(N)CSC(C)C(C)C(=O)OC. The second kappa shape index (κ2) is 7.12. The lowest BCUT2D eigenvalue weighted by molar-refractivity contribution is -0.144. The van der Waals surface area contributed by atoms with Gasteiger partial charge in [-0.25, -0.2) is 0 Å². The molecule has 0 heterocycles. The summed E-state index contributed by atoms with van der Waals surface area (Å²) in [6.07, 6.45) is 0.978. The molecule has 84 valence electrons. The first kappa shape index (κ1) is 13.8. The lowest BCUT2D eigenvalue weighted by atomic mass is 10.1. The van der Waals surface area contributed by atoms with Crippen LogP contribution in [0.15, 0.2) is 0 Å². The molecule has 3 nitrogen and oxygen atoms in total. The fourth-order valence-electron chi connectivity index (χ4n) is 0.915. The van der Waals surface area contributed by atoms with Crippen LogP contribution >= 0.6 is 11.8 Å². The number of methoxy groups -OCH3 is 1. The molecule has 0 aromatic rings. The van der Waals surface area contributed by atoms with Gasteiger partial charge in [-0.2, -0.15) is 11.8 Å². The Balaban J connectivity index is 3.83. The third kappa shape index (κ3) is 4.86. The van der Waals surface area contributed by atoms with Gasteiger partial charge in [-0.1, -0.05) is 20.8 Å². The zero-order chi connectivity index (χ0) is 11.1. The molecule has 0 aliphatic rings. The van der Waals surface area contributed by atoms with Gasteiger partial charge in [0.2, 0.25) is 0 Å². The summed E-state index contributed by atoms with van der Waals surface area (Å²) in [7, 11) is 1.42. The van der Waals surface area contributed by atoms with Crippen molar-refractivity contribution in [3.63, 3.8) is 0 Å². The first-order valence-electron chi connectivity index (χ1n) is 4.97. The number of nitrogens with two attached hydrogens (primary N) is 1. The third-order valence-corrected chi connectivity index (χ3v) is 3.93. The van der Waals surface area contributed by atoms with Crippen LogP contribution in [-0.4, -0.2) is 30.1 Å². The molecule has 0 radical (unpaired) electrons. The molecule has 0 aliphatic heterocycles. The molecule has 0 fully saturated rings. The Morgan fingerprint density at radius 2 is 2.07 bits per heavy atom. The number of ether oxygens (including phenoxy) is 1. The number of carbonyl (C=O) groups is 1. The lowest BCUT2D eigenvalue weighted by Crippen LogP contribution is -2.26. The van der Waals surface area contributed by atoms with Crippen molar-refractivity contribution in [3.8, 4) is 0 Å². The van der Waals surface area contributed by atoms with Crippen LogP contribution < -0.4 is 5.73 Å². The van der Waals surface area contributed by atoms with Gasteiger partial charge in [0.15, 0.2) is 0 Å². The summed E-state index contributed by atoms with van der Waals surface area (Å²) in [5, 5.41) is 0.264. The van der Waals surface area contributed by atoms with Crippen LogP contribution in [0.3, 0.4) is 0 Å². The molecule has 0 amide bonds. The van der Waals surface area contributed by atoms with E-state index in [-0.39, 0.29) is 23.2 Å². The molecule has 4 heteroatoms. The number of hydrogen-bond acceptors (Lipinski definition) is 4. The summed E-state index contributed by atoms with van der Waals surface area (Å²) in [4.78, 5) is 11.2. The van der Waals surface area contributed by atoms with Gasteiger partial charge in [-0.05, 0) is 6.42 Å². The van der Waals surface area contributed by atoms with Crippen molar-refractivity contribution in [2.45, 2.75) is 38.5 Å². The Morgan fingerprint density at radius 1 is 1.50 bits per heavy atom. The van der Waals surface area contributed by atoms with Crippen molar-refractivity contribution < 1.29 is 9.53 Å². The third-order valence-electron chi connectivity index (χ3n) is 2.37. The molecule has 14 heavy (non-hydrogen) atoms. The van der Waals surface area contributed by atoms with E-state index in [1.165, 1.54) is 7.11 Å². The highest BCUT2D eigenvalue weighted by atomic mass is 32.2. The zero-order valence-corrected chi connectivity index (χ0v) is 10.3. The molecule has 0 spiro atoms. The van der Waals surface area contributed by atoms with Crippen molar-refractivity contribution in [3.05, 3.63) is 0 Å². The Hall–Kier alpha value is -0.220. The Labute approximate surface area is 90.8 Å². The molecular weight excluding hydrogens is 198 g/mol. The van der Waals surface area contributed by atoms with Crippen LogP contribution in [-0.2, 0) is 9.53 Å². The highest BCUT2D eigenvalue weighted by Crippen LogP contribution is 2.21. The number of hydrogen-bond donors (Lipinski definition) is 1. The van der Waals surface area contributed by atoms with Crippen LogP contribution in [0.1, 0.15) is 27.2 Å². The average molecular weight is 219 g/mol. The monoisotopic (exact) mass is 219 g/mol. The minimum absolute atomic E-state index is 0.0611. The van der Waals surface area contributed by atoms with E-state index in [1.807, 2.05) is 13.8 Å². The topological polar surface area (TPSA) is 52.3 Å². The van der Waals surface area contributed by atoms with Crippen molar-refractivity contribution >= 4 is 17.7 Å². The van der Waals surface area contributed by atoms with E-state index in [2.05, 4.69) is 11.7 Å². The molecule has 3 atom stereocenters. The van der Waals surface area contributed by atoms with E-state index in [4.69, 9.17) is 5.73 Å². The molecule has 2 N–H and O–H groups in total. The summed E-state index contributed by atoms with van der Waals surface area (Å²) in [5.41, 5.74) is 5.79. The summed E-state index contributed by atoms with van der Waals surface area (Å²) in [6.45, 7) is 6.00. The molecule has 3 unspecified atom stereocenters. The van der Waals surface area contributed by atoms with E-state index >= 15 is 0 Å². The smallest absolute Gasteiger partial charge is 0.309 e. The second-order valence-electron chi connectivity index (χ2n) is 3.52.